The molecule has 0 radical (unpaired) electrons. The van der Waals surface area contributed by atoms with E-state index in [0.29, 0.717) is 31.8 Å². The number of aliphatic hydroxyl groups is 1. The Bertz CT molecular complexity index is 935. The maximum atomic E-state index is 12.7. The average Bonchev–Trinajstić information content (AvgIpc) is 3.64. The molecule has 4 aliphatic rings. The van der Waals surface area contributed by atoms with Crippen LogP contribution < -0.4 is 0 Å². The Morgan fingerprint density at radius 3 is 2.79 bits per heavy atom. The highest BCUT2D eigenvalue weighted by Gasteiger charge is 2.47. The number of ether oxygens (including phenoxy) is 5. The first-order chi connectivity index (χ1) is 18.3. The number of aliphatic hydroxyl groups excluding tert-OH is 1. The number of fused-ring (bicyclic) bond motifs is 3. The molecule has 4 heterocycles. The lowest BCUT2D eigenvalue weighted by atomic mass is 9.90. The molecule has 7 nitrogen and oxygen atoms in total. The first-order valence-corrected chi connectivity index (χ1v) is 14.0. The zero-order valence-electron chi connectivity index (χ0n) is 23.0. The summed E-state index contributed by atoms with van der Waals surface area (Å²) >= 11 is 0. The number of rotatable bonds is 4. The summed E-state index contributed by atoms with van der Waals surface area (Å²) in [4.78, 5) is 12.7. The van der Waals surface area contributed by atoms with Crippen LogP contribution in [0, 0.1) is 5.92 Å². The first kappa shape index (κ1) is 29.0. The number of hydrogen-bond donors (Lipinski definition) is 1. The fourth-order valence-electron chi connectivity index (χ4n) is 5.65. The molecule has 0 amide bonds. The van der Waals surface area contributed by atoms with Crippen molar-refractivity contribution in [2.24, 2.45) is 5.92 Å². The SMILES string of the molecule is C=C1C[C@H](C)C[C@@H]2CC=C[C@@H](C/C=C\C(=O)O[C@H]([C@@H](O)/C=C/[C@@H]3CC(C)=CCO3)C[C@@H]3O[C@H]3[C@@H](OC)C1)O2. The van der Waals surface area contributed by atoms with Gasteiger partial charge in [0.25, 0.3) is 0 Å². The molecular weight excluding hydrogens is 484 g/mol. The lowest BCUT2D eigenvalue weighted by Crippen LogP contribution is -2.33. The lowest BCUT2D eigenvalue weighted by molar-refractivity contribution is -0.148. The standard InChI is InChI=1S/C31H44O7/c1-20-13-14-35-24(16-20)11-12-26(32)27-19-29-31(38-29)28(34-4)18-22(3)15-21(2)17-25-9-5-7-23(36-25)8-6-10-30(33)37-27/h5-7,10-13,21,23-29,31-32H,3,8-9,14-19H2,1-2,4H3/b10-6-,12-11+/t21-,23-,24+,25-,26-,27-,28-,29-,31-/m0/s1. The molecule has 0 aromatic carbocycles. The van der Waals surface area contributed by atoms with Gasteiger partial charge in [-0.15, -0.1) is 0 Å². The van der Waals surface area contributed by atoms with Gasteiger partial charge in [-0.05, 0) is 51.4 Å². The van der Waals surface area contributed by atoms with Gasteiger partial charge in [0, 0.05) is 19.6 Å². The molecule has 4 rings (SSSR count). The van der Waals surface area contributed by atoms with Crippen molar-refractivity contribution in [1.82, 2.24) is 0 Å². The summed E-state index contributed by atoms with van der Waals surface area (Å²) in [6.45, 7) is 9.19. The Morgan fingerprint density at radius 2 is 2.00 bits per heavy atom. The van der Waals surface area contributed by atoms with Gasteiger partial charge >= 0.3 is 5.97 Å². The maximum Gasteiger partial charge on any atom is 0.330 e. The summed E-state index contributed by atoms with van der Waals surface area (Å²) in [5.74, 6) is -0.0497. The van der Waals surface area contributed by atoms with Crippen LogP contribution in [-0.2, 0) is 28.5 Å². The lowest BCUT2D eigenvalue weighted by Gasteiger charge is -2.28. The molecular formula is C31H44O7. The monoisotopic (exact) mass is 528 g/mol. The Morgan fingerprint density at radius 1 is 1.16 bits per heavy atom. The van der Waals surface area contributed by atoms with E-state index in [-0.39, 0.29) is 36.6 Å². The van der Waals surface area contributed by atoms with E-state index < -0.39 is 18.2 Å². The van der Waals surface area contributed by atoms with Gasteiger partial charge in [0.05, 0.1) is 37.1 Å². The number of methoxy groups -OCH3 is 1. The zero-order chi connectivity index (χ0) is 27.1. The van der Waals surface area contributed by atoms with Gasteiger partial charge in [0.1, 0.15) is 18.3 Å². The van der Waals surface area contributed by atoms with Crippen molar-refractivity contribution < 1.29 is 33.6 Å². The molecule has 1 saturated heterocycles. The molecule has 38 heavy (non-hydrogen) atoms. The van der Waals surface area contributed by atoms with Crippen LogP contribution in [0.1, 0.15) is 58.8 Å². The van der Waals surface area contributed by atoms with Crippen LogP contribution in [-0.4, -0.2) is 73.6 Å². The largest absolute Gasteiger partial charge is 0.456 e. The first-order valence-electron chi connectivity index (χ1n) is 14.0. The highest BCUT2D eigenvalue weighted by molar-refractivity contribution is 5.82. The number of carbonyl (C=O) groups excluding carboxylic acids is 1. The van der Waals surface area contributed by atoms with Crippen LogP contribution in [0.15, 0.2) is 60.3 Å². The number of epoxide rings is 1. The average molecular weight is 529 g/mol. The molecule has 2 bridgehead atoms. The highest BCUT2D eigenvalue weighted by Crippen LogP contribution is 2.36. The minimum atomic E-state index is -0.986. The molecule has 0 spiro atoms. The van der Waals surface area contributed by atoms with Gasteiger partial charge in [-0.3, -0.25) is 0 Å². The van der Waals surface area contributed by atoms with E-state index >= 15 is 0 Å². The molecule has 7 heteroatoms. The third-order valence-corrected chi connectivity index (χ3v) is 7.72. The van der Waals surface area contributed by atoms with Crippen molar-refractivity contribution in [3.63, 3.8) is 0 Å². The molecule has 0 unspecified atom stereocenters. The second kappa shape index (κ2) is 13.9. The van der Waals surface area contributed by atoms with Crippen molar-refractivity contribution in [2.45, 2.75) is 108 Å². The van der Waals surface area contributed by atoms with Gasteiger partial charge in [-0.2, -0.15) is 0 Å². The van der Waals surface area contributed by atoms with Crippen molar-refractivity contribution in [2.75, 3.05) is 13.7 Å². The van der Waals surface area contributed by atoms with Gasteiger partial charge in [0.2, 0.25) is 0 Å². The van der Waals surface area contributed by atoms with E-state index in [4.69, 9.17) is 23.7 Å². The van der Waals surface area contributed by atoms with E-state index in [9.17, 15) is 9.90 Å². The van der Waals surface area contributed by atoms with E-state index in [1.54, 1.807) is 19.3 Å². The second-order valence-electron chi connectivity index (χ2n) is 11.2. The Kier molecular flexibility index (Phi) is 10.6. The Hall–Kier alpha value is -2.03. The molecule has 0 aromatic heterocycles. The van der Waals surface area contributed by atoms with E-state index in [1.807, 2.05) is 6.08 Å². The normalized spacial score (nSPS) is 38.9. The molecule has 0 saturated carbocycles. The van der Waals surface area contributed by atoms with Crippen molar-refractivity contribution in [1.29, 1.82) is 0 Å². The molecule has 1 fully saturated rings. The highest BCUT2D eigenvalue weighted by atomic mass is 16.6. The topological polar surface area (TPSA) is 86.8 Å². The van der Waals surface area contributed by atoms with Gasteiger partial charge < -0.3 is 28.8 Å². The minimum absolute atomic E-state index is 0.0668. The Labute approximate surface area is 227 Å². The number of hydrogen-bond acceptors (Lipinski definition) is 7. The van der Waals surface area contributed by atoms with Crippen LogP contribution in [0.5, 0.6) is 0 Å². The fourth-order valence-corrected chi connectivity index (χ4v) is 5.65. The maximum absolute atomic E-state index is 12.7. The number of cyclic esters (lactones) is 1. The molecule has 0 aromatic rings. The van der Waals surface area contributed by atoms with Crippen LogP contribution >= 0.6 is 0 Å². The summed E-state index contributed by atoms with van der Waals surface area (Å²) in [6.07, 6.45) is 16.1. The number of carbonyl (C=O) groups is 1. The third-order valence-electron chi connectivity index (χ3n) is 7.72. The molecule has 210 valence electrons. The van der Waals surface area contributed by atoms with Crippen LogP contribution in [0.4, 0.5) is 0 Å². The van der Waals surface area contributed by atoms with Crippen LogP contribution in [0.3, 0.4) is 0 Å². The van der Waals surface area contributed by atoms with E-state index in [0.717, 1.165) is 31.3 Å². The van der Waals surface area contributed by atoms with Crippen LogP contribution in [0.25, 0.3) is 0 Å². The predicted octanol–water partition coefficient (Wildman–Crippen LogP) is 4.76. The smallest absolute Gasteiger partial charge is 0.330 e. The summed E-state index contributed by atoms with van der Waals surface area (Å²) in [6, 6.07) is 0. The number of esters is 1. The van der Waals surface area contributed by atoms with Gasteiger partial charge in [-0.25, -0.2) is 4.79 Å². The molecule has 4 aliphatic heterocycles. The van der Waals surface area contributed by atoms with Gasteiger partial charge in [-0.1, -0.05) is 61.1 Å². The Balaban J connectivity index is 1.46. The quantitative estimate of drug-likeness (QED) is 0.320. The zero-order valence-corrected chi connectivity index (χ0v) is 23.0. The summed E-state index contributed by atoms with van der Waals surface area (Å²) in [7, 11) is 1.69. The van der Waals surface area contributed by atoms with Crippen molar-refractivity contribution in [3.8, 4) is 0 Å². The van der Waals surface area contributed by atoms with Crippen molar-refractivity contribution in [3.05, 3.63) is 60.3 Å². The molecule has 0 aliphatic carbocycles. The van der Waals surface area contributed by atoms with Gasteiger partial charge in [0.15, 0.2) is 0 Å². The molecule has 9 atom stereocenters. The van der Waals surface area contributed by atoms with E-state index in [1.165, 1.54) is 11.6 Å². The third kappa shape index (κ3) is 8.75. The van der Waals surface area contributed by atoms with E-state index in [2.05, 4.69) is 38.7 Å². The second-order valence-corrected chi connectivity index (χ2v) is 11.2. The fraction of sp³-hybridized carbons (Fsp3) is 0.645. The summed E-state index contributed by atoms with van der Waals surface area (Å²) in [5.41, 5.74) is 2.39. The summed E-state index contributed by atoms with van der Waals surface area (Å²) in [5, 5.41) is 11.0. The minimum Gasteiger partial charge on any atom is -0.456 e. The van der Waals surface area contributed by atoms with Crippen molar-refractivity contribution >= 4 is 5.97 Å². The summed E-state index contributed by atoms with van der Waals surface area (Å²) < 4.78 is 29.5. The predicted molar refractivity (Wildman–Crippen MR) is 146 cm³/mol. The molecule has 1 N–H and O–H groups in total. The van der Waals surface area contributed by atoms with Crippen LogP contribution in [0.2, 0.25) is 0 Å².